The van der Waals surface area contributed by atoms with Crippen molar-refractivity contribution < 1.29 is 0 Å². The van der Waals surface area contributed by atoms with E-state index in [-0.39, 0.29) is 0 Å². The molecule has 0 atom stereocenters. The average Bonchev–Trinajstić information content (AvgIpc) is 3.09. The molecule has 3 rings (SSSR count). The maximum atomic E-state index is 6.48. The van der Waals surface area contributed by atoms with Crippen molar-refractivity contribution in [3.63, 3.8) is 0 Å². The monoisotopic (exact) mass is 343 g/mol. The number of nitrogens with zero attached hydrogens (tertiary/aromatic N) is 5. The van der Waals surface area contributed by atoms with Gasteiger partial charge in [0, 0.05) is 35.9 Å². The average molecular weight is 344 g/mol. The lowest BCUT2D eigenvalue weighted by molar-refractivity contribution is 0.793. The molecule has 0 amide bonds. The minimum Gasteiger partial charge on any atom is -0.356 e. The van der Waals surface area contributed by atoms with E-state index < -0.39 is 0 Å². The Balaban J connectivity index is 2.31. The van der Waals surface area contributed by atoms with Crippen LogP contribution in [-0.4, -0.2) is 32.8 Å². The fourth-order valence-electron chi connectivity index (χ4n) is 2.84. The number of aromatic nitrogens is 4. The molecule has 0 N–H and O–H groups in total. The smallest absolute Gasteiger partial charge is 0.253 e. The van der Waals surface area contributed by atoms with Crippen molar-refractivity contribution in [2.45, 2.75) is 33.6 Å². The number of rotatable bonds is 5. The molecule has 2 heterocycles. The maximum Gasteiger partial charge on any atom is 0.253 e. The lowest BCUT2D eigenvalue weighted by Gasteiger charge is -2.23. The van der Waals surface area contributed by atoms with Crippen LogP contribution >= 0.6 is 11.6 Å². The van der Waals surface area contributed by atoms with E-state index in [0.717, 1.165) is 40.4 Å². The van der Waals surface area contributed by atoms with Gasteiger partial charge in [-0.3, -0.25) is 0 Å². The van der Waals surface area contributed by atoms with E-state index in [1.54, 1.807) is 10.9 Å². The predicted octanol–water partition coefficient (Wildman–Crippen LogP) is 4.44. The first kappa shape index (κ1) is 16.7. The molecule has 0 radical (unpaired) electrons. The van der Waals surface area contributed by atoms with Crippen molar-refractivity contribution in [1.29, 1.82) is 0 Å². The Bertz CT molecular complexity index is 838. The standard InChI is InChI=1S/C18H22ClN5/c1-5-23(6-2)17-14-10-13(12(3)4)15(19)11-16(14)21-18(22-17)24-9-7-8-20-24/h7-12H,5-6H2,1-4H3. The second kappa shape index (κ2) is 6.77. The van der Waals surface area contributed by atoms with Crippen LogP contribution < -0.4 is 4.90 Å². The highest BCUT2D eigenvalue weighted by Gasteiger charge is 2.17. The van der Waals surface area contributed by atoms with Gasteiger partial charge in [-0.1, -0.05) is 25.4 Å². The third-order valence-electron chi connectivity index (χ3n) is 4.18. The Morgan fingerprint density at radius 3 is 2.50 bits per heavy atom. The SMILES string of the molecule is CCN(CC)c1nc(-n2cccn2)nc2cc(Cl)c(C(C)C)cc12. The Kier molecular flexibility index (Phi) is 4.71. The maximum absolute atomic E-state index is 6.48. The molecule has 0 fully saturated rings. The van der Waals surface area contributed by atoms with Crippen LogP contribution in [0.5, 0.6) is 0 Å². The van der Waals surface area contributed by atoms with Crippen LogP contribution in [0.25, 0.3) is 16.9 Å². The predicted molar refractivity (Wildman–Crippen MR) is 99.3 cm³/mol. The molecular weight excluding hydrogens is 322 g/mol. The molecule has 0 bridgehead atoms. The summed E-state index contributed by atoms with van der Waals surface area (Å²) in [4.78, 5) is 11.7. The van der Waals surface area contributed by atoms with Gasteiger partial charge in [0.25, 0.3) is 5.95 Å². The molecule has 0 saturated heterocycles. The zero-order valence-electron chi connectivity index (χ0n) is 14.5. The summed E-state index contributed by atoms with van der Waals surface area (Å²) in [6, 6.07) is 5.93. The van der Waals surface area contributed by atoms with Crippen molar-refractivity contribution in [2.24, 2.45) is 0 Å². The first-order chi connectivity index (χ1) is 11.5. The van der Waals surface area contributed by atoms with E-state index >= 15 is 0 Å². The van der Waals surface area contributed by atoms with Gasteiger partial charge in [-0.25, -0.2) is 9.67 Å². The molecule has 0 aliphatic heterocycles. The lowest BCUT2D eigenvalue weighted by atomic mass is 10.0. The Morgan fingerprint density at radius 2 is 1.92 bits per heavy atom. The largest absolute Gasteiger partial charge is 0.356 e. The van der Waals surface area contributed by atoms with Crippen LogP contribution in [0.4, 0.5) is 5.82 Å². The van der Waals surface area contributed by atoms with Crippen LogP contribution in [0.2, 0.25) is 5.02 Å². The molecule has 3 aromatic rings. The second-order valence-electron chi connectivity index (χ2n) is 6.02. The van der Waals surface area contributed by atoms with Gasteiger partial charge in [0.2, 0.25) is 0 Å². The molecular formula is C18H22ClN5. The molecule has 1 aromatic carbocycles. The van der Waals surface area contributed by atoms with Crippen molar-refractivity contribution in [3.05, 3.63) is 41.2 Å². The van der Waals surface area contributed by atoms with Gasteiger partial charge >= 0.3 is 0 Å². The normalized spacial score (nSPS) is 11.4. The van der Waals surface area contributed by atoms with Crippen molar-refractivity contribution in [2.75, 3.05) is 18.0 Å². The van der Waals surface area contributed by atoms with Crippen molar-refractivity contribution in [3.8, 4) is 5.95 Å². The first-order valence-corrected chi connectivity index (χ1v) is 8.69. The zero-order valence-corrected chi connectivity index (χ0v) is 15.2. The molecule has 2 aromatic heterocycles. The van der Waals surface area contributed by atoms with Crippen LogP contribution in [-0.2, 0) is 0 Å². The molecule has 0 spiro atoms. The van der Waals surface area contributed by atoms with Crippen LogP contribution in [0.3, 0.4) is 0 Å². The summed E-state index contributed by atoms with van der Waals surface area (Å²) >= 11 is 6.48. The van der Waals surface area contributed by atoms with E-state index in [1.165, 1.54) is 0 Å². The van der Waals surface area contributed by atoms with Crippen molar-refractivity contribution in [1.82, 2.24) is 19.7 Å². The number of hydrogen-bond acceptors (Lipinski definition) is 4. The Morgan fingerprint density at radius 1 is 1.17 bits per heavy atom. The van der Waals surface area contributed by atoms with E-state index in [9.17, 15) is 0 Å². The fourth-order valence-corrected chi connectivity index (χ4v) is 3.21. The summed E-state index contributed by atoms with van der Waals surface area (Å²) in [6.07, 6.45) is 3.57. The summed E-state index contributed by atoms with van der Waals surface area (Å²) in [5.41, 5.74) is 1.96. The summed E-state index contributed by atoms with van der Waals surface area (Å²) in [5, 5.41) is 6.03. The van der Waals surface area contributed by atoms with E-state index in [1.807, 2.05) is 18.3 Å². The Hall–Kier alpha value is -2.14. The van der Waals surface area contributed by atoms with Crippen LogP contribution in [0.1, 0.15) is 39.2 Å². The zero-order chi connectivity index (χ0) is 17.3. The van der Waals surface area contributed by atoms with E-state index in [4.69, 9.17) is 16.6 Å². The first-order valence-electron chi connectivity index (χ1n) is 8.31. The van der Waals surface area contributed by atoms with Crippen LogP contribution in [0, 0.1) is 0 Å². The third kappa shape index (κ3) is 2.96. The van der Waals surface area contributed by atoms with Gasteiger partial charge in [0.15, 0.2) is 0 Å². The second-order valence-corrected chi connectivity index (χ2v) is 6.42. The molecule has 0 unspecified atom stereocenters. The molecule has 0 aliphatic rings. The number of hydrogen-bond donors (Lipinski definition) is 0. The van der Waals surface area contributed by atoms with Gasteiger partial charge in [-0.15, -0.1) is 0 Å². The highest BCUT2D eigenvalue weighted by Crippen LogP contribution is 2.33. The molecule has 5 nitrogen and oxygen atoms in total. The summed E-state index contributed by atoms with van der Waals surface area (Å²) in [5.74, 6) is 1.83. The minimum atomic E-state index is 0.345. The third-order valence-corrected chi connectivity index (χ3v) is 4.50. The molecule has 0 saturated carbocycles. The summed E-state index contributed by atoms with van der Waals surface area (Å²) in [6.45, 7) is 10.3. The molecule has 0 aliphatic carbocycles. The molecule has 126 valence electrons. The molecule has 6 heteroatoms. The fraction of sp³-hybridized carbons (Fsp3) is 0.389. The van der Waals surface area contributed by atoms with Crippen LogP contribution in [0.15, 0.2) is 30.6 Å². The van der Waals surface area contributed by atoms with Crippen molar-refractivity contribution >= 4 is 28.3 Å². The topological polar surface area (TPSA) is 46.8 Å². The van der Waals surface area contributed by atoms with Gasteiger partial charge < -0.3 is 4.90 Å². The quantitative estimate of drug-likeness (QED) is 0.687. The number of anilines is 1. The van der Waals surface area contributed by atoms with E-state index in [0.29, 0.717) is 11.9 Å². The number of halogens is 1. The van der Waals surface area contributed by atoms with Gasteiger partial charge in [0.05, 0.1) is 5.52 Å². The molecule has 24 heavy (non-hydrogen) atoms. The Labute approximate surface area is 147 Å². The van der Waals surface area contributed by atoms with Gasteiger partial charge in [-0.05, 0) is 43.5 Å². The summed E-state index contributed by atoms with van der Waals surface area (Å²) in [7, 11) is 0. The summed E-state index contributed by atoms with van der Waals surface area (Å²) < 4.78 is 1.68. The minimum absolute atomic E-state index is 0.345. The number of benzene rings is 1. The number of fused-ring (bicyclic) bond motifs is 1. The van der Waals surface area contributed by atoms with Gasteiger partial charge in [0.1, 0.15) is 5.82 Å². The van der Waals surface area contributed by atoms with E-state index in [2.05, 4.69) is 48.7 Å². The highest BCUT2D eigenvalue weighted by atomic mass is 35.5. The lowest BCUT2D eigenvalue weighted by Crippen LogP contribution is -2.24. The van der Waals surface area contributed by atoms with Gasteiger partial charge in [-0.2, -0.15) is 10.1 Å². The highest BCUT2D eigenvalue weighted by molar-refractivity contribution is 6.32.